The van der Waals surface area contributed by atoms with Gasteiger partial charge in [0.25, 0.3) is 0 Å². The number of rotatable bonds is 6. The minimum absolute atomic E-state index is 0.0720. The van der Waals surface area contributed by atoms with Crippen molar-refractivity contribution in [3.05, 3.63) is 41.7 Å². The van der Waals surface area contributed by atoms with Gasteiger partial charge >= 0.3 is 6.03 Å². The van der Waals surface area contributed by atoms with Crippen molar-refractivity contribution in [1.29, 1.82) is 0 Å². The number of aromatic nitrogens is 2. The number of urea groups is 1. The first-order chi connectivity index (χ1) is 11.4. The van der Waals surface area contributed by atoms with Gasteiger partial charge in [0.2, 0.25) is 0 Å². The summed E-state index contributed by atoms with van der Waals surface area (Å²) in [5.74, 6) is 0.400. The second kappa shape index (κ2) is 7.97. The lowest BCUT2D eigenvalue weighted by atomic mass is 10.0. The fourth-order valence-corrected chi connectivity index (χ4v) is 2.71. The maximum Gasteiger partial charge on any atom is 0.319 e. The first kappa shape index (κ1) is 18.0. The molecule has 0 aliphatic rings. The van der Waals surface area contributed by atoms with Gasteiger partial charge in [-0.1, -0.05) is 19.9 Å². The molecule has 1 aromatic heterocycles. The zero-order valence-corrected chi connectivity index (χ0v) is 14.7. The number of aliphatic hydroxyl groups excluding tert-OH is 1. The van der Waals surface area contributed by atoms with E-state index in [0.29, 0.717) is 11.6 Å². The molecule has 0 bridgehead atoms. The van der Waals surface area contributed by atoms with Crippen molar-refractivity contribution in [3.8, 4) is 5.69 Å². The Labute approximate surface area is 142 Å². The Morgan fingerprint density at radius 3 is 2.62 bits per heavy atom. The Hall–Kier alpha value is -2.34. The summed E-state index contributed by atoms with van der Waals surface area (Å²) in [5, 5.41) is 19.4. The molecule has 0 aliphatic carbocycles. The maximum atomic E-state index is 12.1. The minimum atomic E-state index is -0.319. The van der Waals surface area contributed by atoms with Gasteiger partial charge in [-0.2, -0.15) is 5.10 Å². The van der Waals surface area contributed by atoms with Crippen LogP contribution in [0.15, 0.2) is 30.3 Å². The van der Waals surface area contributed by atoms with Crippen LogP contribution in [0.1, 0.15) is 31.7 Å². The first-order valence-corrected chi connectivity index (χ1v) is 8.21. The summed E-state index contributed by atoms with van der Waals surface area (Å²) in [7, 11) is 0. The Balaban J connectivity index is 2.06. The van der Waals surface area contributed by atoms with Crippen molar-refractivity contribution in [2.45, 2.75) is 40.2 Å². The van der Waals surface area contributed by atoms with Gasteiger partial charge in [-0.3, -0.25) is 0 Å². The molecule has 2 rings (SSSR count). The molecule has 0 spiro atoms. The van der Waals surface area contributed by atoms with Gasteiger partial charge in [0.15, 0.2) is 0 Å². The summed E-state index contributed by atoms with van der Waals surface area (Å²) in [6.45, 7) is 7.98. The number of carbonyl (C=O) groups is 1. The lowest BCUT2D eigenvalue weighted by Gasteiger charge is -2.18. The molecule has 0 saturated heterocycles. The van der Waals surface area contributed by atoms with Crippen molar-refractivity contribution >= 4 is 11.7 Å². The van der Waals surface area contributed by atoms with E-state index in [1.807, 2.05) is 48.9 Å². The smallest absolute Gasteiger partial charge is 0.319 e. The van der Waals surface area contributed by atoms with Crippen LogP contribution in [0, 0.1) is 19.8 Å². The topological polar surface area (TPSA) is 79.2 Å². The van der Waals surface area contributed by atoms with E-state index < -0.39 is 0 Å². The molecule has 1 unspecified atom stereocenters. The standard InChI is InChI=1S/C18H26N4O2/c1-12(2)8-16(11-23)20-18(24)19-15-6-5-7-17(10-15)22-14(4)9-13(3)21-22/h5-7,9-10,12,16,23H,8,11H2,1-4H3,(H2,19,20,24). The highest BCUT2D eigenvalue weighted by Crippen LogP contribution is 2.17. The normalized spacial score (nSPS) is 12.2. The van der Waals surface area contributed by atoms with Gasteiger partial charge in [0.1, 0.15) is 0 Å². The van der Waals surface area contributed by atoms with E-state index in [4.69, 9.17) is 0 Å². The van der Waals surface area contributed by atoms with E-state index in [1.54, 1.807) is 0 Å². The highest BCUT2D eigenvalue weighted by molar-refractivity contribution is 5.89. The number of aliphatic hydroxyl groups is 1. The molecule has 0 saturated carbocycles. The SMILES string of the molecule is Cc1cc(C)n(-c2cccc(NC(=O)NC(CO)CC(C)C)c2)n1. The van der Waals surface area contributed by atoms with Gasteiger partial charge < -0.3 is 15.7 Å². The van der Waals surface area contributed by atoms with Gasteiger partial charge in [-0.15, -0.1) is 0 Å². The third kappa shape index (κ3) is 4.83. The summed E-state index contributed by atoms with van der Waals surface area (Å²) >= 11 is 0. The highest BCUT2D eigenvalue weighted by Gasteiger charge is 2.13. The molecule has 2 amide bonds. The molecule has 1 aromatic carbocycles. The number of nitrogens with zero attached hydrogens (tertiary/aromatic N) is 2. The number of hydrogen-bond donors (Lipinski definition) is 3. The molecule has 1 atom stereocenters. The third-order valence-electron chi connectivity index (χ3n) is 3.67. The minimum Gasteiger partial charge on any atom is -0.394 e. The zero-order valence-electron chi connectivity index (χ0n) is 14.7. The lowest BCUT2D eigenvalue weighted by Crippen LogP contribution is -2.40. The van der Waals surface area contributed by atoms with Gasteiger partial charge in [-0.05, 0) is 50.5 Å². The van der Waals surface area contributed by atoms with E-state index in [1.165, 1.54) is 0 Å². The molecule has 6 nitrogen and oxygen atoms in total. The third-order valence-corrected chi connectivity index (χ3v) is 3.67. The van der Waals surface area contributed by atoms with Crippen molar-refractivity contribution in [3.63, 3.8) is 0 Å². The van der Waals surface area contributed by atoms with E-state index >= 15 is 0 Å². The van der Waals surface area contributed by atoms with Crippen LogP contribution >= 0.6 is 0 Å². The van der Waals surface area contributed by atoms with Gasteiger partial charge in [0, 0.05) is 11.4 Å². The summed E-state index contributed by atoms with van der Waals surface area (Å²) in [6, 6.07) is 8.95. The van der Waals surface area contributed by atoms with Crippen LogP contribution in [-0.4, -0.2) is 33.6 Å². The average molecular weight is 330 g/mol. The predicted molar refractivity (Wildman–Crippen MR) is 95.5 cm³/mol. The lowest BCUT2D eigenvalue weighted by molar-refractivity contribution is 0.214. The molecular formula is C18H26N4O2. The van der Waals surface area contributed by atoms with E-state index in [-0.39, 0.29) is 18.7 Å². The molecule has 0 aliphatic heterocycles. The Kier molecular flexibility index (Phi) is 5.98. The zero-order chi connectivity index (χ0) is 17.7. The van der Waals surface area contributed by atoms with Crippen LogP contribution in [0.25, 0.3) is 5.69 Å². The molecule has 6 heteroatoms. The number of nitrogens with one attached hydrogen (secondary N) is 2. The van der Waals surface area contributed by atoms with E-state index in [9.17, 15) is 9.90 Å². The number of carbonyl (C=O) groups excluding carboxylic acids is 1. The highest BCUT2D eigenvalue weighted by atomic mass is 16.3. The Bertz CT molecular complexity index is 694. The van der Waals surface area contributed by atoms with E-state index in [2.05, 4.69) is 29.6 Å². The summed E-state index contributed by atoms with van der Waals surface area (Å²) in [5.41, 5.74) is 3.55. The van der Waals surface area contributed by atoms with Crippen LogP contribution in [0.5, 0.6) is 0 Å². The summed E-state index contributed by atoms with van der Waals surface area (Å²) < 4.78 is 1.84. The second-order valence-corrected chi connectivity index (χ2v) is 6.50. The van der Waals surface area contributed by atoms with Crippen LogP contribution < -0.4 is 10.6 Å². The van der Waals surface area contributed by atoms with Crippen molar-refractivity contribution < 1.29 is 9.90 Å². The van der Waals surface area contributed by atoms with Crippen LogP contribution in [0.2, 0.25) is 0 Å². The largest absolute Gasteiger partial charge is 0.394 e. The molecular weight excluding hydrogens is 304 g/mol. The maximum absolute atomic E-state index is 12.1. The quantitative estimate of drug-likeness (QED) is 0.762. The molecule has 24 heavy (non-hydrogen) atoms. The first-order valence-electron chi connectivity index (χ1n) is 8.21. The van der Waals surface area contributed by atoms with Crippen molar-refractivity contribution in [1.82, 2.24) is 15.1 Å². The molecule has 0 fully saturated rings. The number of amides is 2. The van der Waals surface area contributed by atoms with Crippen LogP contribution in [-0.2, 0) is 0 Å². The monoisotopic (exact) mass is 330 g/mol. The Morgan fingerprint density at radius 1 is 1.29 bits per heavy atom. The van der Waals surface area contributed by atoms with E-state index in [0.717, 1.165) is 23.5 Å². The molecule has 3 N–H and O–H groups in total. The van der Waals surface area contributed by atoms with Crippen LogP contribution in [0.3, 0.4) is 0 Å². The fourth-order valence-electron chi connectivity index (χ4n) is 2.71. The summed E-state index contributed by atoms with van der Waals surface area (Å²) in [6.07, 6.45) is 0.732. The van der Waals surface area contributed by atoms with Gasteiger partial charge in [-0.25, -0.2) is 9.48 Å². The van der Waals surface area contributed by atoms with Gasteiger partial charge in [0.05, 0.1) is 24.0 Å². The average Bonchev–Trinajstić information content (AvgIpc) is 2.85. The Morgan fingerprint density at radius 2 is 2.04 bits per heavy atom. The number of hydrogen-bond acceptors (Lipinski definition) is 3. The van der Waals surface area contributed by atoms with Crippen molar-refractivity contribution in [2.75, 3.05) is 11.9 Å². The molecule has 2 aromatic rings. The molecule has 1 heterocycles. The predicted octanol–water partition coefficient (Wildman–Crippen LogP) is 3.02. The number of anilines is 1. The molecule has 130 valence electrons. The number of benzene rings is 1. The summed E-state index contributed by atoms with van der Waals surface area (Å²) in [4.78, 5) is 12.1. The fraction of sp³-hybridized carbons (Fsp3) is 0.444. The second-order valence-electron chi connectivity index (χ2n) is 6.50. The van der Waals surface area contributed by atoms with Crippen LogP contribution in [0.4, 0.5) is 10.5 Å². The molecule has 0 radical (unpaired) electrons. The van der Waals surface area contributed by atoms with Crippen molar-refractivity contribution in [2.24, 2.45) is 5.92 Å². The number of aryl methyl sites for hydroxylation is 2.